The standard InChI is InChI=1S/C17H24F3N/c1-11-8-12(2)10-13(9-11)16(21-3)14-6-4-5-7-15(14)17(18,19)20/h8-10,14-16,21H,4-7H2,1-3H3. The fraction of sp³-hybridized carbons (Fsp3) is 0.647. The first kappa shape index (κ1) is 16.3. The first-order valence-electron chi connectivity index (χ1n) is 7.65. The van der Waals surface area contributed by atoms with Crippen molar-refractivity contribution >= 4 is 0 Å². The number of hydrogen-bond donors (Lipinski definition) is 1. The number of halogens is 3. The van der Waals surface area contributed by atoms with Crippen molar-refractivity contribution in [1.29, 1.82) is 0 Å². The maximum Gasteiger partial charge on any atom is 0.392 e. The Labute approximate surface area is 124 Å². The van der Waals surface area contributed by atoms with Gasteiger partial charge in [0.1, 0.15) is 0 Å². The highest BCUT2D eigenvalue weighted by atomic mass is 19.4. The summed E-state index contributed by atoms with van der Waals surface area (Å²) in [6.45, 7) is 3.98. The molecule has 1 aromatic carbocycles. The molecule has 0 amide bonds. The van der Waals surface area contributed by atoms with Crippen molar-refractivity contribution in [3.05, 3.63) is 34.9 Å². The summed E-state index contributed by atoms with van der Waals surface area (Å²) in [5.74, 6) is -1.56. The van der Waals surface area contributed by atoms with Gasteiger partial charge in [0.15, 0.2) is 0 Å². The highest BCUT2D eigenvalue weighted by Crippen LogP contribution is 2.46. The van der Waals surface area contributed by atoms with Gasteiger partial charge in [-0.25, -0.2) is 0 Å². The first-order valence-corrected chi connectivity index (χ1v) is 7.65. The van der Waals surface area contributed by atoms with Gasteiger partial charge in [-0.15, -0.1) is 0 Å². The molecule has 1 nitrogen and oxygen atoms in total. The third-order valence-corrected chi connectivity index (χ3v) is 4.58. The zero-order chi connectivity index (χ0) is 15.6. The second-order valence-corrected chi connectivity index (χ2v) is 6.28. The van der Waals surface area contributed by atoms with Crippen LogP contribution in [0, 0.1) is 25.7 Å². The maximum absolute atomic E-state index is 13.3. The van der Waals surface area contributed by atoms with E-state index < -0.39 is 12.1 Å². The van der Waals surface area contributed by atoms with Gasteiger partial charge in [0, 0.05) is 6.04 Å². The molecule has 1 N–H and O–H groups in total. The van der Waals surface area contributed by atoms with Crippen molar-refractivity contribution in [1.82, 2.24) is 5.32 Å². The van der Waals surface area contributed by atoms with Crippen LogP contribution in [-0.2, 0) is 0 Å². The smallest absolute Gasteiger partial charge is 0.313 e. The highest BCUT2D eigenvalue weighted by Gasteiger charge is 2.47. The Kier molecular flexibility index (Phi) is 4.97. The van der Waals surface area contributed by atoms with Crippen molar-refractivity contribution in [3.63, 3.8) is 0 Å². The maximum atomic E-state index is 13.3. The Morgan fingerprint density at radius 3 is 2.14 bits per heavy atom. The van der Waals surface area contributed by atoms with Crippen LogP contribution in [0.1, 0.15) is 48.4 Å². The van der Waals surface area contributed by atoms with Gasteiger partial charge in [0.05, 0.1) is 5.92 Å². The molecular formula is C17H24F3N. The van der Waals surface area contributed by atoms with Crippen LogP contribution in [0.25, 0.3) is 0 Å². The van der Waals surface area contributed by atoms with E-state index in [1.807, 2.05) is 26.0 Å². The molecule has 1 aromatic rings. The quantitative estimate of drug-likeness (QED) is 0.834. The van der Waals surface area contributed by atoms with Crippen molar-refractivity contribution in [2.75, 3.05) is 7.05 Å². The van der Waals surface area contributed by atoms with Crippen molar-refractivity contribution in [2.24, 2.45) is 11.8 Å². The molecule has 0 aromatic heterocycles. The van der Waals surface area contributed by atoms with E-state index in [0.29, 0.717) is 12.8 Å². The van der Waals surface area contributed by atoms with Crippen LogP contribution in [0.3, 0.4) is 0 Å². The zero-order valence-corrected chi connectivity index (χ0v) is 12.9. The fourth-order valence-corrected chi connectivity index (χ4v) is 3.78. The van der Waals surface area contributed by atoms with E-state index in [9.17, 15) is 13.2 Å². The molecule has 0 heterocycles. The lowest BCUT2D eigenvalue weighted by Gasteiger charge is -2.38. The summed E-state index contributed by atoms with van der Waals surface area (Å²) < 4.78 is 40.0. The molecule has 3 atom stereocenters. The van der Waals surface area contributed by atoms with Gasteiger partial charge in [-0.05, 0) is 45.2 Å². The number of rotatable bonds is 3. The van der Waals surface area contributed by atoms with Crippen molar-refractivity contribution in [2.45, 2.75) is 51.7 Å². The molecule has 4 heteroatoms. The van der Waals surface area contributed by atoms with Crippen LogP contribution in [0.15, 0.2) is 18.2 Å². The number of alkyl halides is 3. The number of benzene rings is 1. The van der Waals surface area contributed by atoms with Gasteiger partial charge in [0.25, 0.3) is 0 Å². The van der Waals surface area contributed by atoms with Gasteiger partial charge in [-0.1, -0.05) is 42.2 Å². The summed E-state index contributed by atoms with van der Waals surface area (Å²) in [7, 11) is 1.77. The Hall–Kier alpha value is -1.03. The Balaban J connectivity index is 2.34. The minimum atomic E-state index is -4.10. The molecule has 0 bridgehead atoms. The first-order chi connectivity index (χ1) is 9.82. The third kappa shape index (κ3) is 3.79. The summed E-state index contributed by atoms with van der Waals surface area (Å²) >= 11 is 0. The molecule has 0 aliphatic heterocycles. The van der Waals surface area contributed by atoms with E-state index >= 15 is 0 Å². The average Bonchev–Trinajstić information content (AvgIpc) is 2.38. The second kappa shape index (κ2) is 6.39. The fourth-order valence-electron chi connectivity index (χ4n) is 3.78. The average molecular weight is 299 g/mol. The Bertz CT molecular complexity index is 461. The van der Waals surface area contributed by atoms with Crippen LogP contribution < -0.4 is 5.32 Å². The largest absolute Gasteiger partial charge is 0.392 e. The number of nitrogens with one attached hydrogen (secondary N) is 1. The van der Waals surface area contributed by atoms with E-state index in [4.69, 9.17) is 0 Å². The predicted octanol–water partition coefficient (Wildman–Crippen LogP) is 4.93. The van der Waals surface area contributed by atoms with Gasteiger partial charge < -0.3 is 5.32 Å². The molecule has 0 radical (unpaired) electrons. The third-order valence-electron chi connectivity index (χ3n) is 4.58. The summed E-state index contributed by atoms with van der Waals surface area (Å²) in [5, 5.41) is 3.14. The lowest BCUT2D eigenvalue weighted by Crippen LogP contribution is -2.40. The normalized spacial score (nSPS) is 24.9. The second-order valence-electron chi connectivity index (χ2n) is 6.28. The monoisotopic (exact) mass is 299 g/mol. The molecule has 1 saturated carbocycles. The summed E-state index contributed by atoms with van der Waals surface area (Å²) in [6, 6.07) is 5.85. The molecule has 1 fully saturated rings. The summed E-state index contributed by atoms with van der Waals surface area (Å²) in [5.41, 5.74) is 3.19. The molecule has 2 rings (SSSR count). The van der Waals surface area contributed by atoms with Crippen LogP contribution in [-0.4, -0.2) is 13.2 Å². The lowest BCUT2D eigenvalue weighted by atomic mass is 9.73. The lowest BCUT2D eigenvalue weighted by molar-refractivity contribution is -0.199. The molecule has 1 aliphatic rings. The Morgan fingerprint density at radius 1 is 1.05 bits per heavy atom. The predicted molar refractivity (Wildman–Crippen MR) is 79.2 cm³/mol. The molecule has 118 valence electrons. The molecule has 1 aliphatic carbocycles. The van der Waals surface area contributed by atoms with E-state index in [1.54, 1.807) is 7.05 Å². The van der Waals surface area contributed by atoms with Gasteiger partial charge in [-0.3, -0.25) is 0 Å². The van der Waals surface area contributed by atoms with Gasteiger partial charge >= 0.3 is 6.18 Å². The van der Waals surface area contributed by atoms with Gasteiger partial charge in [-0.2, -0.15) is 13.2 Å². The highest BCUT2D eigenvalue weighted by molar-refractivity contribution is 5.31. The van der Waals surface area contributed by atoms with Crippen LogP contribution in [0.5, 0.6) is 0 Å². The van der Waals surface area contributed by atoms with E-state index in [-0.39, 0.29) is 18.4 Å². The molecule has 0 saturated heterocycles. The molecule has 21 heavy (non-hydrogen) atoms. The minimum absolute atomic E-state index is 0.226. The van der Waals surface area contributed by atoms with Crippen LogP contribution in [0.2, 0.25) is 0 Å². The zero-order valence-electron chi connectivity index (χ0n) is 12.9. The topological polar surface area (TPSA) is 12.0 Å². The molecule has 3 unspecified atom stereocenters. The Morgan fingerprint density at radius 2 is 1.62 bits per heavy atom. The summed E-state index contributed by atoms with van der Waals surface area (Å²) in [6.07, 6.45) is -1.62. The number of hydrogen-bond acceptors (Lipinski definition) is 1. The summed E-state index contributed by atoms with van der Waals surface area (Å²) in [4.78, 5) is 0. The molecule has 0 spiro atoms. The van der Waals surface area contributed by atoms with Crippen molar-refractivity contribution in [3.8, 4) is 0 Å². The SMILES string of the molecule is CNC(c1cc(C)cc(C)c1)C1CCCCC1C(F)(F)F. The number of aryl methyl sites for hydroxylation is 2. The van der Waals surface area contributed by atoms with Crippen LogP contribution >= 0.6 is 0 Å². The minimum Gasteiger partial charge on any atom is -0.313 e. The van der Waals surface area contributed by atoms with Gasteiger partial charge in [0.2, 0.25) is 0 Å². The molecular weight excluding hydrogens is 275 g/mol. The van der Waals surface area contributed by atoms with E-state index in [2.05, 4.69) is 11.4 Å². The van der Waals surface area contributed by atoms with Crippen LogP contribution in [0.4, 0.5) is 13.2 Å². The van der Waals surface area contributed by atoms with E-state index in [1.165, 1.54) is 0 Å². The van der Waals surface area contributed by atoms with E-state index in [0.717, 1.165) is 23.1 Å². The van der Waals surface area contributed by atoms with Crippen molar-refractivity contribution < 1.29 is 13.2 Å².